The van der Waals surface area contributed by atoms with Gasteiger partial charge in [0.1, 0.15) is 10.0 Å². The Morgan fingerprint density at radius 2 is 2.24 bits per heavy atom. The van der Waals surface area contributed by atoms with Crippen molar-refractivity contribution in [1.29, 1.82) is 0 Å². The lowest BCUT2D eigenvalue weighted by Gasteiger charge is -2.21. The molecule has 2 rings (SSSR count). The van der Waals surface area contributed by atoms with Crippen molar-refractivity contribution in [2.75, 3.05) is 6.54 Å². The van der Waals surface area contributed by atoms with Crippen LogP contribution in [0.3, 0.4) is 0 Å². The Kier molecular flexibility index (Phi) is 3.70. The third-order valence-corrected chi connectivity index (χ3v) is 5.11. The van der Waals surface area contributed by atoms with Crippen molar-refractivity contribution >= 4 is 21.6 Å². The first kappa shape index (κ1) is 12.8. The first-order chi connectivity index (χ1) is 8.07. The van der Waals surface area contributed by atoms with Crippen LogP contribution >= 0.6 is 11.6 Å². The summed E-state index contributed by atoms with van der Waals surface area (Å²) >= 11 is 5.86. The molecule has 0 aromatic carbocycles. The molecule has 0 amide bonds. The van der Waals surface area contributed by atoms with Gasteiger partial charge in [0.15, 0.2) is 0 Å². The molecule has 1 saturated carbocycles. The number of pyridine rings is 1. The van der Waals surface area contributed by atoms with E-state index in [-0.39, 0.29) is 16.1 Å². The van der Waals surface area contributed by atoms with Crippen molar-refractivity contribution in [2.24, 2.45) is 0 Å². The molecule has 0 N–H and O–H groups in total. The van der Waals surface area contributed by atoms with E-state index in [1.807, 2.05) is 6.92 Å². The molecule has 0 aliphatic heterocycles. The Bertz CT molecular complexity index is 500. The molecule has 0 saturated heterocycles. The van der Waals surface area contributed by atoms with Crippen LogP contribution in [0.1, 0.15) is 26.2 Å². The Hall–Kier alpha value is -0.650. The van der Waals surface area contributed by atoms with Crippen molar-refractivity contribution < 1.29 is 8.42 Å². The summed E-state index contributed by atoms with van der Waals surface area (Å²) in [6.45, 7) is 2.51. The molecule has 1 fully saturated rings. The second-order valence-electron chi connectivity index (χ2n) is 4.14. The molecule has 1 aromatic rings. The number of rotatable bonds is 5. The van der Waals surface area contributed by atoms with Crippen molar-refractivity contribution in [3.63, 3.8) is 0 Å². The summed E-state index contributed by atoms with van der Waals surface area (Å²) in [7, 11) is -3.49. The predicted molar refractivity (Wildman–Crippen MR) is 66.5 cm³/mol. The summed E-state index contributed by atoms with van der Waals surface area (Å²) in [5.74, 6) is 0. The molecule has 1 heterocycles. The highest BCUT2D eigenvalue weighted by molar-refractivity contribution is 7.89. The van der Waals surface area contributed by atoms with Gasteiger partial charge >= 0.3 is 0 Å². The Morgan fingerprint density at radius 1 is 1.53 bits per heavy atom. The van der Waals surface area contributed by atoms with E-state index in [2.05, 4.69) is 4.98 Å². The molecule has 17 heavy (non-hydrogen) atoms. The quantitative estimate of drug-likeness (QED) is 0.774. The fraction of sp³-hybridized carbons (Fsp3) is 0.545. The first-order valence-corrected chi connectivity index (χ1v) is 7.51. The second-order valence-corrected chi connectivity index (χ2v) is 6.36. The fourth-order valence-corrected chi connectivity index (χ4v) is 3.98. The smallest absolute Gasteiger partial charge is 0.243 e. The highest BCUT2D eigenvalue weighted by atomic mass is 35.5. The van der Waals surface area contributed by atoms with E-state index in [1.165, 1.54) is 12.3 Å². The molecule has 0 spiro atoms. The monoisotopic (exact) mass is 274 g/mol. The van der Waals surface area contributed by atoms with E-state index in [0.29, 0.717) is 6.54 Å². The van der Waals surface area contributed by atoms with Crippen LogP contribution in [-0.4, -0.2) is 30.3 Å². The normalized spacial score (nSPS) is 16.4. The number of hydrogen-bond donors (Lipinski definition) is 0. The Labute approximate surface area is 107 Å². The first-order valence-electron chi connectivity index (χ1n) is 5.69. The van der Waals surface area contributed by atoms with Crippen LogP contribution in [0.15, 0.2) is 23.2 Å². The van der Waals surface area contributed by atoms with E-state index >= 15 is 0 Å². The third kappa shape index (κ3) is 2.61. The lowest BCUT2D eigenvalue weighted by atomic mass is 10.5. The number of aromatic nitrogens is 1. The second kappa shape index (κ2) is 4.92. The number of sulfonamides is 1. The SMILES string of the molecule is CCCN(C1CC1)S(=O)(=O)c1cccnc1Cl. The van der Waals surface area contributed by atoms with Gasteiger partial charge < -0.3 is 0 Å². The zero-order valence-electron chi connectivity index (χ0n) is 9.63. The average molecular weight is 275 g/mol. The minimum Gasteiger partial charge on any atom is -0.243 e. The maximum Gasteiger partial charge on any atom is 0.246 e. The molecule has 0 bridgehead atoms. The number of halogens is 1. The van der Waals surface area contributed by atoms with E-state index in [1.54, 1.807) is 10.4 Å². The minimum atomic E-state index is -3.49. The largest absolute Gasteiger partial charge is 0.246 e. The summed E-state index contributed by atoms with van der Waals surface area (Å²) in [6, 6.07) is 3.25. The summed E-state index contributed by atoms with van der Waals surface area (Å²) in [4.78, 5) is 3.94. The molecule has 0 atom stereocenters. The standard InChI is InChI=1S/C11H15ClN2O2S/c1-2-8-14(9-5-6-9)17(15,16)10-4-3-7-13-11(10)12/h3-4,7,9H,2,5-6,8H2,1H3. The van der Waals surface area contributed by atoms with Crippen LogP contribution < -0.4 is 0 Å². The summed E-state index contributed by atoms with van der Waals surface area (Å²) in [6.07, 6.45) is 4.17. The van der Waals surface area contributed by atoms with Crippen molar-refractivity contribution in [2.45, 2.75) is 37.1 Å². The molecule has 1 aliphatic carbocycles. The maximum absolute atomic E-state index is 12.4. The van der Waals surface area contributed by atoms with Gasteiger partial charge in [0, 0.05) is 18.8 Å². The van der Waals surface area contributed by atoms with Gasteiger partial charge in [-0.1, -0.05) is 18.5 Å². The highest BCUT2D eigenvalue weighted by Gasteiger charge is 2.38. The lowest BCUT2D eigenvalue weighted by Crippen LogP contribution is -2.34. The van der Waals surface area contributed by atoms with Crippen LogP contribution in [0.25, 0.3) is 0 Å². The molecular weight excluding hydrogens is 260 g/mol. The maximum atomic E-state index is 12.4. The van der Waals surface area contributed by atoms with Gasteiger partial charge in [0.2, 0.25) is 10.0 Å². The van der Waals surface area contributed by atoms with Gasteiger partial charge in [-0.2, -0.15) is 4.31 Å². The zero-order valence-corrected chi connectivity index (χ0v) is 11.2. The van der Waals surface area contributed by atoms with Gasteiger partial charge in [0.25, 0.3) is 0 Å². The van der Waals surface area contributed by atoms with E-state index in [0.717, 1.165) is 19.3 Å². The zero-order chi connectivity index (χ0) is 12.5. The fourth-order valence-electron chi connectivity index (χ4n) is 1.77. The molecule has 1 aliphatic rings. The molecule has 4 nitrogen and oxygen atoms in total. The van der Waals surface area contributed by atoms with Crippen molar-refractivity contribution in [3.8, 4) is 0 Å². The van der Waals surface area contributed by atoms with Crippen molar-refractivity contribution in [1.82, 2.24) is 9.29 Å². The summed E-state index contributed by atoms with van der Waals surface area (Å²) < 4.78 is 26.4. The summed E-state index contributed by atoms with van der Waals surface area (Å²) in [5.41, 5.74) is 0. The van der Waals surface area contributed by atoms with Gasteiger partial charge in [-0.05, 0) is 31.4 Å². The number of nitrogens with zero attached hydrogens (tertiary/aromatic N) is 2. The topological polar surface area (TPSA) is 50.3 Å². The molecule has 0 radical (unpaired) electrons. The van der Waals surface area contributed by atoms with Crippen LogP contribution in [0.2, 0.25) is 5.15 Å². The van der Waals surface area contributed by atoms with Gasteiger partial charge in [-0.3, -0.25) is 0 Å². The Balaban J connectivity index is 2.37. The third-order valence-electron chi connectivity index (χ3n) is 2.71. The van der Waals surface area contributed by atoms with Crippen LogP contribution in [0, 0.1) is 0 Å². The minimum absolute atomic E-state index is 0.0502. The van der Waals surface area contributed by atoms with E-state index < -0.39 is 10.0 Å². The van der Waals surface area contributed by atoms with Crippen LogP contribution in [0.5, 0.6) is 0 Å². The summed E-state index contributed by atoms with van der Waals surface area (Å²) in [5, 5.41) is 0.0502. The van der Waals surface area contributed by atoms with Crippen LogP contribution in [-0.2, 0) is 10.0 Å². The van der Waals surface area contributed by atoms with Gasteiger partial charge in [-0.25, -0.2) is 13.4 Å². The van der Waals surface area contributed by atoms with Gasteiger partial charge in [-0.15, -0.1) is 0 Å². The highest BCUT2D eigenvalue weighted by Crippen LogP contribution is 2.33. The number of hydrogen-bond acceptors (Lipinski definition) is 3. The molecule has 1 aromatic heterocycles. The lowest BCUT2D eigenvalue weighted by molar-refractivity contribution is 0.403. The molecule has 6 heteroatoms. The van der Waals surface area contributed by atoms with Crippen molar-refractivity contribution in [3.05, 3.63) is 23.5 Å². The van der Waals surface area contributed by atoms with Gasteiger partial charge in [0.05, 0.1) is 0 Å². The average Bonchev–Trinajstić information content (AvgIpc) is 3.10. The molecular formula is C11H15ClN2O2S. The predicted octanol–water partition coefficient (Wildman–Crippen LogP) is 2.30. The van der Waals surface area contributed by atoms with E-state index in [9.17, 15) is 8.42 Å². The molecule has 94 valence electrons. The van der Waals surface area contributed by atoms with E-state index in [4.69, 9.17) is 11.6 Å². The van der Waals surface area contributed by atoms with Crippen LogP contribution in [0.4, 0.5) is 0 Å². The Morgan fingerprint density at radius 3 is 2.76 bits per heavy atom. The molecule has 0 unspecified atom stereocenters.